The van der Waals surface area contributed by atoms with Crippen LogP contribution < -0.4 is 5.32 Å². The molecule has 12 unspecified atom stereocenters. The first kappa shape index (κ1) is 31.5. The van der Waals surface area contributed by atoms with Crippen molar-refractivity contribution in [1.82, 2.24) is 15.1 Å². The summed E-state index contributed by atoms with van der Waals surface area (Å²) in [6.07, 6.45) is 13.6. The number of hydrogen-bond acceptors (Lipinski definition) is 4. The topological polar surface area (TPSA) is 72.9 Å². The summed E-state index contributed by atoms with van der Waals surface area (Å²) in [6.45, 7) is 19.3. The summed E-state index contributed by atoms with van der Waals surface area (Å²) < 4.78 is 0. The molecule has 6 aliphatic carbocycles. The zero-order chi connectivity index (χ0) is 31.2. The Morgan fingerprint density at radius 1 is 0.795 bits per heavy atom. The van der Waals surface area contributed by atoms with E-state index in [-0.39, 0.29) is 34.8 Å². The number of carbonyl (C=O) groups excluding carboxylic acids is 2. The first-order chi connectivity index (χ1) is 20.9. The Bertz CT molecular complexity index is 1140. The highest BCUT2D eigenvalue weighted by molar-refractivity contribution is 5.85. The van der Waals surface area contributed by atoms with E-state index >= 15 is 0 Å². The molecule has 0 radical (unpaired) electrons. The van der Waals surface area contributed by atoms with Crippen LogP contribution in [0.5, 0.6) is 0 Å². The minimum Gasteiger partial charge on any atom is -0.393 e. The van der Waals surface area contributed by atoms with Crippen LogP contribution >= 0.6 is 0 Å². The highest BCUT2D eigenvalue weighted by Crippen LogP contribution is 2.76. The van der Waals surface area contributed by atoms with E-state index in [0.717, 1.165) is 64.3 Å². The maximum atomic E-state index is 14.4. The molecule has 2 amide bonds. The number of aliphatic hydroxyl groups excluding tert-OH is 1. The number of likely N-dealkylation sites (N-methyl/N-ethyl adjacent to an activating group) is 1. The molecule has 6 saturated carbocycles. The molecule has 7 rings (SSSR count). The van der Waals surface area contributed by atoms with Crippen molar-refractivity contribution in [3.63, 3.8) is 0 Å². The average Bonchev–Trinajstić information content (AvgIpc) is 3.46. The van der Waals surface area contributed by atoms with Crippen molar-refractivity contribution < 1.29 is 14.7 Å². The summed E-state index contributed by atoms with van der Waals surface area (Å²) in [4.78, 5) is 32.3. The third kappa shape index (κ3) is 4.30. The summed E-state index contributed by atoms with van der Waals surface area (Å²) in [5, 5.41) is 14.4. The lowest BCUT2D eigenvalue weighted by Gasteiger charge is -2.71. The van der Waals surface area contributed by atoms with Gasteiger partial charge >= 0.3 is 0 Å². The van der Waals surface area contributed by atoms with Crippen LogP contribution in [0.3, 0.4) is 0 Å². The van der Waals surface area contributed by atoms with Crippen LogP contribution in [0, 0.1) is 63.1 Å². The van der Waals surface area contributed by atoms with Crippen LogP contribution in [0.15, 0.2) is 0 Å². The second-order valence-electron chi connectivity index (χ2n) is 17.9. The fourth-order valence-electron chi connectivity index (χ4n) is 13.7. The molecule has 248 valence electrons. The van der Waals surface area contributed by atoms with E-state index in [1.165, 1.54) is 51.4 Å². The molecule has 0 aromatic rings. The van der Waals surface area contributed by atoms with Gasteiger partial charge in [-0.15, -0.1) is 0 Å². The van der Waals surface area contributed by atoms with Crippen molar-refractivity contribution in [1.29, 1.82) is 0 Å². The summed E-state index contributed by atoms with van der Waals surface area (Å²) >= 11 is 0. The van der Waals surface area contributed by atoms with E-state index in [2.05, 4.69) is 56.7 Å². The molecule has 6 heteroatoms. The minimum atomic E-state index is -0.205. The quantitative estimate of drug-likeness (QED) is 0.403. The standard InChI is InChI=1S/C38H63N3O3/c1-7-40-19-21-41(22-20-40)33(43)26-23-30(24(26)2)39-34(44)38-14-8-9-29(38)28-10-11-32-35(4)15-13-31(42)25(3)27(35)12-16-37(32,6)36(28,5)17-18-38/h24-32,42H,7-23H2,1-6H3,(H,39,44)/t24?,25?,26?,27?,28?,29?,30?,31?,32?,35?,36-,37?,38?/m1/s1. The Morgan fingerprint density at radius 3 is 2.25 bits per heavy atom. The number of nitrogens with one attached hydrogen (secondary N) is 1. The van der Waals surface area contributed by atoms with E-state index in [1.54, 1.807) is 0 Å². The number of rotatable bonds is 4. The molecular formula is C38H63N3O3. The van der Waals surface area contributed by atoms with Crippen LogP contribution in [-0.2, 0) is 9.59 Å². The van der Waals surface area contributed by atoms with Gasteiger partial charge in [0.25, 0.3) is 0 Å². The molecule has 2 N–H and O–H groups in total. The predicted octanol–water partition coefficient (Wildman–Crippen LogP) is 6.12. The molecule has 1 aliphatic heterocycles. The number of aliphatic hydroxyl groups is 1. The first-order valence-electron chi connectivity index (χ1n) is 18.9. The van der Waals surface area contributed by atoms with Crippen LogP contribution in [0.25, 0.3) is 0 Å². The summed E-state index contributed by atoms with van der Waals surface area (Å²) in [5.74, 6) is 3.85. The third-order valence-electron chi connectivity index (χ3n) is 16.9. The molecule has 7 aliphatic rings. The van der Waals surface area contributed by atoms with Gasteiger partial charge in [-0.3, -0.25) is 9.59 Å². The van der Waals surface area contributed by atoms with Crippen LogP contribution in [0.2, 0.25) is 0 Å². The highest BCUT2D eigenvalue weighted by Gasteiger charge is 2.70. The van der Waals surface area contributed by atoms with Gasteiger partial charge in [-0.2, -0.15) is 0 Å². The molecular weight excluding hydrogens is 546 g/mol. The lowest BCUT2D eigenvalue weighted by Crippen LogP contribution is -2.66. The maximum Gasteiger partial charge on any atom is 0.226 e. The van der Waals surface area contributed by atoms with Crippen LogP contribution in [-0.4, -0.2) is 71.6 Å². The van der Waals surface area contributed by atoms with Crippen molar-refractivity contribution in [2.75, 3.05) is 32.7 Å². The first-order valence-corrected chi connectivity index (χ1v) is 18.9. The molecule has 1 heterocycles. The summed E-state index contributed by atoms with van der Waals surface area (Å²) in [7, 11) is 0. The second kappa shape index (κ2) is 11.0. The average molecular weight is 610 g/mol. The molecule has 0 aromatic carbocycles. The number of nitrogens with zero attached hydrogens (tertiary/aromatic N) is 2. The lowest BCUT2D eigenvalue weighted by molar-refractivity contribution is -0.232. The van der Waals surface area contributed by atoms with E-state index in [9.17, 15) is 14.7 Å². The highest BCUT2D eigenvalue weighted by atomic mass is 16.3. The fourth-order valence-corrected chi connectivity index (χ4v) is 13.7. The number of carbonyl (C=O) groups is 2. The van der Waals surface area contributed by atoms with E-state index in [1.807, 2.05) is 0 Å². The predicted molar refractivity (Wildman–Crippen MR) is 175 cm³/mol. The normalized spacial score (nSPS) is 52.2. The molecule has 13 atom stereocenters. The molecule has 0 aromatic heterocycles. The Hall–Kier alpha value is -1.14. The van der Waals surface area contributed by atoms with Crippen LogP contribution in [0.1, 0.15) is 119 Å². The Balaban J connectivity index is 1.04. The summed E-state index contributed by atoms with van der Waals surface area (Å²) in [6, 6.07) is 0.143. The van der Waals surface area contributed by atoms with Crippen molar-refractivity contribution in [2.45, 2.75) is 131 Å². The Morgan fingerprint density at radius 2 is 1.55 bits per heavy atom. The second-order valence-corrected chi connectivity index (χ2v) is 17.9. The molecule has 44 heavy (non-hydrogen) atoms. The Kier molecular flexibility index (Phi) is 7.83. The van der Waals surface area contributed by atoms with Crippen molar-refractivity contribution in [3.05, 3.63) is 0 Å². The largest absolute Gasteiger partial charge is 0.393 e. The van der Waals surface area contributed by atoms with E-state index in [0.29, 0.717) is 46.3 Å². The smallest absolute Gasteiger partial charge is 0.226 e. The molecule has 6 nitrogen and oxygen atoms in total. The van der Waals surface area contributed by atoms with Gasteiger partial charge < -0.3 is 20.2 Å². The maximum absolute atomic E-state index is 14.4. The Labute approximate surface area is 267 Å². The number of fused-ring (bicyclic) bond motifs is 7. The number of hydrogen-bond donors (Lipinski definition) is 2. The fraction of sp³-hybridized carbons (Fsp3) is 0.947. The lowest BCUT2D eigenvalue weighted by atomic mass is 9.33. The SMILES string of the molecule is CCN1CCN(C(=O)C2CC(NC(=O)C34CCCC3C3CCC5C6(C)CCC(O)C(C)C6CCC5(C)[C@]3(C)CC4)C2C)CC1. The number of piperazine rings is 1. The van der Waals surface area contributed by atoms with Crippen molar-refractivity contribution in [3.8, 4) is 0 Å². The van der Waals surface area contributed by atoms with Gasteiger partial charge in [0, 0.05) is 38.1 Å². The molecule has 1 saturated heterocycles. The van der Waals surface area contributed by atoms with Gasteiger partial charge in [-0.25, -0.2) is 0 Å². The van der Waals surface area contributed by atoms with Gasteiger partial charge in [0.2, 0.25) is 11.8 Å². The molecule has 0 spiro atoms. The zero-order valence-corrected chi connectivity index (χ0v) is 28.9. The monoisotopic (exact) mass is 609 g/mol. The van der Waals surface area contributed by atoms with Gasteiger partial charge in [0.05, 0.1) is 11.5 Å². The van der Waals surface area contributed by atoms with E-state index in [4.69, 9.17) is 0 Å². The minimum absolute atomic E-state index is 0.0651. The zero-order valence-electron chi connectivity index (χ0n) is 28.9. The third-order valence-corrected chi connectivity index (χ3v) is 16.9. The van der Waals surface area contributed by atoms with Crippen molar-refractivity contribution in [2.24, 2.45) is 63.1 Å². The van der Waals surface area contributed by atoms with Gasteiger partial charge in [-0.05, 0) is 129 Å². The molecule has 7 fully saturated rings. The molecule has 0 bridgehead atoms. The van der Waals surface area contributed by atoms with Gasteiger partial charge in [-0.1, -0.05) is 48.0 Å². The van der Waals surface area contributed by atoms with E-state index < -0.39 is 0 Å². The van der Waals surface area contributed by atoms with Crippen LogP contribution in [0.4, 0.5) is 0 Å². The summed E-state index contributed by atoms with van der Waals surface area (Å²) in [5.41, 5.74) is 0.723. The van der Waals surface area contributed by atoms with Gasteiger partial charge in [0.15, 0.2) is 0 Å². The van der Waals surface area contributed by atoms with Crippen molar-refractivity contribution >= 4 is 11.8 Å². The number of amides is 2. The van der Waals surface area contributed by atoms with Gasteiger partial charge in [0.1, 0.15) is 0 Å².